The lowest BCUT2D eigenvalue weighted by atomic mass is 9.99. The van der Waals surface area contributed by atoms with E-state index in [1.54, 1.807) is 0 Å². The number of rotatable bonds is 2. The van der Waals surface area contributed by atoms with Gasteiger partial charge < -0.3 is 4.74 Å². The Hall–Kier alpha value is -2.17. The average molecular weight is 434 g/mol. The number of likely N-dealkylation sites (N-methyl/N-ethyl adjacent to an activating group) is 1. The second kappa shape index (κ2) is 8.52. The summed E-state index contributed by atoms with van der Waals surface area (Å²) in [4.78, 5) is 3.74. The molecular weight excluding hydrogens is 410 g/mol. The molecule has 1 aromatic heterocycles. The van der Waals surface area contributed by atoms with Crippen LogP contribution in [0.1, 0.15) is 16.7 Å². The van der Waals surface area contributed by atoms with E-state index in [-0.39, 0.29) is 0 Å². The maximum Gasteiger partial charge on any atom is 0.0738 e. The molecule has 3 aromatic carbocycles. The van der Waals surface area contributed by atoms with Gasteiger partial charge in [0, 0.05) is 38.1 Å². The van der Waals surface area contributed by atoms with E-state index in [1.165, 1.54) is 37.2 Å². The molecular formula is C26H24ClNOS. The molecule has 1 unspecified atom stereocenters. The molecule has 0 saturated carbocycles. The molecule has 0 N–H and O–H groups in total. The Morgan fingerprint density at radius 3 is 2.70 bits per heavy atom. The Kier molecular flexibility index (Phi) is 5.62. The third-order valence-electron chi connectivity index (χ3n) is 5.93. The van der Waals surface area contributed by atoms with Gasteiger partial charge in [-0.1, -0.05) is 66.2 Å². The van der Waals surface area contributed by atoms with E-state index in [9.17, 15) is 0 Å². The van der Waals surface area contributed by atoms with Crippen molar-refractivity contribution >= 4 is 33.0 Å². The molecule has 5 rings (SSSR count). The lowest BCUT2D eigenvalue weighted by molar-refractivity contribution is 0.0577. The van der Waals surface area contributed by atoms with Gasteiger partial charge in [-0.05, 0) is 48.4 Å². The van der Waals surface area contributed by atoms with Crippen LogP contribution in [0.15, 0.2) is 72.8 Å². The van der Waals surface area contributed by atoms with E-state index in [4.69, 9.17) is 16.3 Å². The number of hydrogen-bond donors (Lipinski definition) is 0. The zero-order valence-corrected chi connectivity index (χ0v) is 18.5. The summed E-state index contributed by atoms with van der Waals surface area (Å²) in [5.41, 5.74) is 5.27. The van der Waals surface area contributed by atoms with E-state index >= 15 is 0 Å². The summed E-state index contributed by atoms with van der Waals surface area (Å²) in [5, 5.41) is 1.99. The molecule has 0 fully saturated rings. The smallest absolute Gasteiger partial charge is 0.0738 e. The molecule has 30 heavy (non-hydrogen) atoms. The SMILES string of the molecule is CN1Cc2ccccc2-c2sc3ccc(Cl)cc3c2COCC1Cc1ccccc1. The van der Waals surface area contributed by atoms with Gasteiger partial charge in [-0.25, -0.2) is 0 Å². The zero-order chi connectivity index (χ0) is 20.5. The van der Waals surface area contributed by atoms with Crippen LogP contribution in [-0.2, 0) is 24.3 Å². The highest BCUT2D eigenvalue weighted by Crippen LogP contribution is 2.42. The predicted molar refractivity (Wildman–Crippen MR) is 127 cm³/mol. The van der Waals surface area contributed by atoms with Crippen molar-refractivity contribution in [3.63, 3.8) is 0 Å². The fourth-order valence-electron chi connectivity index (χ4n) is 4.28. The van der Waals surface area contributed by atoms with Crippen molar-refractivity contribution in [3.05, 3.63) is 94.5 Å². The van der Waals surface area contributed by atoms with Crippen LogP contribution >= 0.6 is 22.9 Å². The summed E-state index contributed by atoms with van der Waals surface area (Å²) in [5.74, 6) is 0. The molecule has 0 bridgehead atoms. The minimum Gasteiger partial charge on any atom is -0.375 e. The lowest BCUT2D eigenvalue weighted by Crippen LogP contribution is -2.37. The van der Waals surface area contributed by atoms with E-state index in [0.29, 0.717) is 19.3 Å². The lowest BCUT2D eigenvalue weighted by Gasteiger charge is -2.30. The largest absolute Gasteiger partial charge is 0.375 e. The normalized spacial score (nSPS) is 17.5. The van der Waals surface area contributed by atoms with Crippen LogP contribution in [0.25, 0.3) is 20.5 Å². The highest BCUT2D eigenvalue weighted by molar-refractivity contribution is 7.22. The van der Waals surface area contributed by atoms with Gasteiger partial charge in [0.05, 0.1) is 13.2 Å². The molecule has 1 aliphatic rings. The summed E-state index contributed by atoms with van der Waals surface area (Å²) in [6.45, 7) is 2.19. The summed E-state index contributed by atoms with van der Waals surface area (Å²) in [6.07, 6.45) is 0.975. The first-order valence-corrected chi connectivity index (χ1v) is 11.5. The molecule has 1 atom stereocenters. The second-order valence-electron chi connectivity index (χ2n) is 7.98. The van der Waals surface area contributed by atoms with E-state index in [0.717, 1.165) is 18.0 Å². The van der Waals surface area contributed by atoms with Crippen LogP contribution in [0.4, 0.5) is 0 Å². The summed E-state index contributed by atoms with van der Waals surface area (Å²) in [6, 6.07) is 26.0. The van der Waals surface area contributed by atoms with Crippen molar-refractivity contribution in [2.75, 3.05) is 13.7 Å². The second-order valence-corrected chi connectivity index (χ2v) is 9.47. The van der Waals surface area contributed by atoms with Gasteiger partial charge in [-0.2, -0.15) is 0 Å². The first-order valence-electron chi connectivity index (χ1n) is 10.3. The first kappa shape index (κ1) is 19.8. The molecule has 0 radical (unpaired) electrons. The minimum atomic E-state index is 0.315. The quantitative estimate of drug-likeness (QED) is 0.345. The molecule has 2 nitrogen and oxygen atoms in total. The third kappa shape index (κ3) is 3.91. The maximum atomic E-state index is 6.34. The van der Waals surface area contributed by atoms with E-state index in [1.807, 2.05) is 17.4 Å². The zero-order valence-electron chi connectivity index (χ0n) is 17.0. The van der Waals surface area contributed by atoms with Crippen molar-refractivity contribution in [2.45, 2.75) is 25.6 Å². The summed E-state index contributed by atoms with van der Waals surface area (Å²) in [7, 11) is 2.21. The van der Waals surface area contributed by atoms with Crippen molar-refractivity contribution < 1.29 is 4.74 Å². The molecule has 2 heterocycles. The summed E-state index contributed by atoms with van der Waals surface area (Å²) < 4.78 is 7.60. The number of thiophene rings is 1. The topological polar surface area (TPSA) is 12.5 Å². The Labute approximate surface area is 186 Å². The van der Waals surface area contributed by atoms with Crippen molar-refractivity contribution in [2.24, 2.45) is 0 Å². The highest BCUT2D eigenvalue weighted by atomic mass is 35.5. The first-order chi connectivity index (χ1) is 14.7. The monoisotopic (exact) mass is 433 g/mol. The Morgan fingerprint density at radius 2 is 1.83 bits per heavy atom. The number of ether oxygens (including phenoxy) is 1. The van der Waals surface area contributed by atoms with Crippen LogP contribution < -0.4 is 0 Å². The molecule has 1 aliphatic heterocycles. The molecule has 0 saturated heterocycles. The number of fused-ring (bicyclic) bond motifs is 5. The van der Waals surface area contributed by atoms with Crippen LogP contribution in [0, 0.1) is 0 Å². The minimum absolute atomic E-state index is 0.315. The van der Waals surface area contributed by atoms with Gasteiger partial charge in [-0.15, -0.1) is 11.3 Å². The van der Waals surface area contributed by atoms with Crippen LogP contribution in [0.2, 0.25) is 5.02 Å². The van der Waals surface area contributed by atoms with Crippen LogP contribution in [-0.4, -0.2) is 24.6 Å². The third-order valence-corrected chi connectivity index (χ3v) is 7.41. The van der Waals surface area contributed by atoms with Crippen molar-refractivity contribution in [1.82, 2.24) is 4.90 Å². The van der Waals surface area contributed by atoms with Crippen molar-refractivity contribution in [3.8, 4) is 10.4 Å². The van der Waals surface area contributed by atoms with Gasteiger partial charge >= 0.3 is 0 Å². The summed E-state index contributed by atoms with van der Waals surface area (Å²) >= 11 is 8.18. The standard InChI is InChI=1S/C26H24ClNOS/c1-28-15-19-9-5-6-10-22(19)26-24(23-14-20(27)11-12-25(23)30-26)17-29-16-21(28)13-18-7-3-2-4-8-18/h2-12,14,21H,13,15-17H2,1H3. The Balaban J connectivity index is 1.57. The molecule has 0 spiro atoms. The number of hydrogen-bond acceptors (Lipinski definition) is 3. The number of nitrogens with zero attached hydrogens (tertiary/aromatic N) is 1. The average Bonchev–Trinajstić information content (AvgIpc) is 3.11. The van der Waals surface area contributed by atoms with Gasteiger partial charge in [0.1, 0.15) is 0 Å². The van der Waals surface area contributed by atoms with E-state index < -0.39 is 0 Å². The predicted octanol–water partition coefficient (Wildman–Crippen LogP) is 6.80. The Bertz CT molecular complexity index is 1170. The number of benzene rings is 3. The fourth-order valence-corrected chi connectivity index (χ4v) is 5.71. The van der Waals surface area contributed by atoms with Crippen molar-refractivity contribution in [1.29, 1.82) is 0 Å². The Morgan fingerprint density at radius 1 is 1.03 bits per heavy atom. The maximum absolute atomic E-state index is 6.34. The molecule has 0 amide bonds. The molecule has 4 aromatic rings. The van der Waals surface area contributed by atoms with Gasteiger partial charge in [-0.3, -0.25) is 4.90 Å². The molecule has 152 valence electrons. The number of halogens is 1. The van der Waals surface area contributed by atoms with Crippen LogP contribution in [0.5, 0.6) is 0 Å². The highest BCUT2D eigenvalue weighted by Gasteiger charge is 2.23. The van der Waals surface area contributed by atoms with Gasteiger partial charge in [0.2, 0.25) is 0 Å². The van der Waals surface area contributed by atoms with Gasteiger partial charge in [0.25, 0.3) is 0 Å². The molecule has 4 heteroatoms. The van der Waals surface area contributed by atoms with Gasteiger partial charge in [0.15, 0.2) is 0 Å². The fraction of sp³-hybridized carbons (Fsp3) is 0.231. The van der Waals surface area contributed by atoms with Crippen LogP contribution in [0.3, 0.4) is 0 Å². The molecule has 0 aliphatic carbocycles. The van der Waals surface area contributed by atoms with E-state index in [2.05, 4.69) is 78.7 Å².